The van der Waals surface area contributed by atoms with Gasteiger partial charge < -0.3 is 25.2 Å². The maximum Gasteiger partial charge on any atom is 0.0928 e. The van der Waals surface area contributed by atoms with Crippen molar-refractivity contribution in [3.8, 4) is 0 Å². The van der Waals surface area contributed by atoms with Gasteiger partial charge in [0, 0.05) is 6.54 Å². The van der Waals surface area contributed by atoms with Crippen LogP contribution in [0.2, 0.25) is 0 Å². The lowest BCUT2D eigenvalue weighted by Gasteiger charge is -2.33. The second kappa shape index (κ2) is 2.57. The van der Waals surface area contributed by atoms with Crippen molar-refractivity contribution in [3.05, 3.63) is 0 Å². The maximum atomic E-state index is 9.70. The summed E-state index contributed by atoms with van der Waals surface area (Å²) < 4.78 is 9.70. The number of rotatable bonds is 2. The van der Waals surface area contributed by atoms with Crippen LogP contribution in [0.4, 0.5) is 0 Å². The predicted octanol–water partition coefficient (Wildman–Crippen LogP) is -2.82. The van der Waals surface area contributed by atoms with Gasteiger partial charge in [-0.05, 0) is 7.60 Å². The molecule has 0 bridgehead atoms. The molecule has 1 unspecified atom stereocenters. The average Bonchev–Trinajstić information content (AvgIpc) is 1.62. The highest BCUT2D eigenvalue weighted by Crippen LogP contribution is 2.27. The summed E-state index contributed by atoms with van der Waals surface area (Å²) in [5, 5.41) is 8.18. The van der Waals surface area contributed by atoms with Crippen LogP contribution in [0.1, 0.15) is 0 Å². The van der Waals surface area contributed by atoms with Gasteiger partial charge in [-0.15, -0.1) is 0 Å². The van der Waals surface area contributed by atoms with Gasteiger partial charge in [0.25, 0.3) is 0 Å². The van der Waals surface area contributed by atoms with Crippen molar-refractivity contribution in [2.24, 2.45) is 5.73 Å². The first kappa shape index (κ1) is 8.07. The molecule has 3 N–H and O–H groups in total. The molecule has 0 aromatic carbocycles. The highest BCUT2D eigenvalue weighted by atomic mass is 31.2. The monoisotopic (exact) mass is 139 g/mol. The Morgan fingerprint density at radius 1 is 1.75 bits per heavy atom. The number of hydrogen-bond acceptors (Lipinski definition) is 5. The molecule has 0 rings (SSSR count). The van der Waals surface area contributed by atoms with Gasteiger partial charge in [-0.1, -0.05) is 0 Å². The predicted molar refractivity (Wildman–Crippen MR) is 22.7 cm³/mol. The summed E-state index contributed by atoms with van der Waals surface area (Å²) in [5.74, 6) is -1.93. The molecule has 0 fully saturated rings. The van der Waals surface area contributed by atoms with E-state index in [-0.39, 0.29) is 0 Å². The summed E-state index contributed by atoms with van der Waals surface area (Å²) in [5.41, 5.74) is 4.64. The van der Waals surface area contributed by atoms with E-state index in [4.69, 9.17) is 5.11 Å². The third-order valence-electron chi connectivity index (χ3n) is 0.576. The Labute approximate surface area is 46.3 Å². The van der Waals surface area contributed by atoms with Crippen molar-refractivity contribution in [1.82, 2.24) is 0 Å². The Morgan fingerprint density at radius 2 is 2.12 bits per heavy atom. The first-order valence-corrected chi connectivity index (χ1v) is 3.49. The molecule has 0 heterocycles. The Bertz CT molecular complexity index is 109. The molecular weight excluding hydrogens is 133 g/mol. The molecule has 0 aliphatic heterocycles. The highest BCUT2D eigenvalue weighted by Gasteiger charge is 2.02. The van der Waals surface area contributed by atoms with E-state index in [1.807, 2.05) is 0 Å². The molecule has 6 heteroatoms. The topological polar surface area (TPSA) is 109 Å². The molecule has 0 amide bonds. The summed E-state index contributed by atoms with van der Waals surface area (Å²) in [6, 6.07) is 0. The van der Waals surface area contributed by atoms with E-state index in [0.29, 0.717) is 0 Å². The van der Waals surface area contributed by atoms with Gasteiger partial charge >= 0.3 is 0 Å². The maximum absolute atomic E-state index is 9.70. The Hall–Kier alpha value is 0.0700. The van der Waals surface area contributed by atoms with Crippen molar-refractivity contribution in [1.29, 1.82) is 0 Å². The molecule has 0 aromatic heterocycles. The van der Waals surface area contributed by atoms with Gasteiger partial charge in [-0.3, -0.25) is 0 Å². The minimum absolute atomic E-state index is 0.537. The molecule has 8 heavy (non-hydrogen) atoms. The van der Waals surface area contributed by atoms with Crippen molar-refractivity contribution >= 4 is 7.60 Å². The van der Waals surface area contributed by atoms with Crippen LogP contribution in [-0.4, -0.2) is 17.5 Å². The second-order valence-corrected chi connectivity index (χ2v) is 2.93. The van der Waals surface area contributed by atoms with Crippen LogP contribution in [0.25, 0.3) is 0 Å². The molecule has 50 valence electrons. The third kappa shape index (κ3) is 2.40. The van der Waals surface area contributed by atoms with Crippen LogP contribution in [0, 0.1) is 0 Å². The van der Waals surface area contributed by atoms with Crippen LogP contribution >= 0.6 is 7.60 Å². The molecule has 0 aliphatic carbocycles. The smallest absolute Gasteiger partial charge is 0.0928 e. The summed E-state index contributed by atoms with van der Waals surface area (Å²) in [6.45, 7) is -0.537. The third-order valence-corrected chi connectivity index (χ3v) is 1.52. The van der Waals surface area contributed by atoms with Gasteiger partial charge in [-0.2, -0.15) is 0 Å². The average molecular weight is 139 g/mol. The molecular formula is C2H6NO4P-2. The molecule has 0 aromatic rings. The number of aliphatic hydroxyl groups excluding tert-OH is 1. The van der Waals surface area contributed by atoms with Crippen LogP contribution in [-0.2, 0) is 4.57 Å². The number of aliphatic hydroxyl groups is 1. The molecule has 0 saturated carbocycles. The summed E-state index contributed by atoms with van der Waals surface area (Å²) >= 11 is 0. The number of nitrogens with two attached hydrogens (primary N) is 1. The molecule has 0 spiro atoms. The Morgan fingerprint density at radius 3 is 2.12 bits per heavy atom. The Balaban J connectivity index is 3.82. The lowest BCUT2D eigenvalue weighted by Crippen LogP contribution is -2.31. The zero-order valence-electron chi connectivity index (χ0n) is 3.98. The van der Waals surface area contributed by atoms with E-state index in [1.54, 1.807) is 0 Å². The lowest BCUT2D eigenvalue weighted by molar-refractivity contribution is -0.322. The quantitative estimate of drug-likeness (QED) is 0.401. The van der Waals surface area contributed by atoms with E-state index < -0.39 is 20.0 Å². The van der Waals surface area contributed by atoms with Crippen molar-refractivity contribution in [2.75, 3.05) is 6.54 Å². The van der Waals surface area contributed by atoms with E-state index in [1.165, 1.54) is 0 Å². The minimum atomic E-state index is -4.83. The highest BCUT2D eigenvalue weighted by molar-refractivity contribution is 7.49. The summed E-state index contributed by atoms with van der Waals surface area (Å²) in [6.07, 6.45) is 0. The van der Waals surface area contributed by atoms with E-state index >= 15 is 0 Å². The van der Waals surface area contributed by atoms with E-state index in [9.17, 15) is 14.4 Å². The normalized spacial score (nSPS) is 16.0. The lowest BCUT2D eigenvalue weighted by atomic mass is 10.7. The van der Waals surface area contributed by atoms with Crippen LogP contribution in [0.15, 0.2) is 0 Å². The van der Waals surface area contributed by atoms with E-state index in [0.717, 1.165) is 0 Å². The van der Waals surface area contributed by atoms with Gasteiger partial charge in [0.15, 0.2) is 0 Å². The van der Waals surface area contributed by atoms with Gasteiger partial charge in [0.2, 0.25) is 0 Å². The fraction of sp³-hybridized carbons (Fsp3) is 1.00. The van der Waals surface area contributed by atoms with Crippen molar-refractivity contribution < 1.29 is 19.5 Å². The van der Waals surface area contributed by atoms with Gasteiger partial charge in [0.05, 0.1) is 5.85 Å². The van der Waals surface area contributed by atoms with E-state index in [2.05, 4.69) is 5.73 Å². The molecule has 0 aliphatic rings. The zero-order chi connectivity index (χ0) is 6.78. The van der Waals surface area contributed by atoms with Crippen LogP contribution < -0.4 is 15.5 Å². The zero-order valence-corrected chi connectivity index (χ0v) is 4.88. The molecule has 0 saturated heterocycles. The largest absolute Gasteiger partial charge is 0.809 e. The van der Waals surface area contributed by atoms with Crippen LogP contribution in [0.3, 0.4) is 0 Å². The second-order valence-electron chi connectivity index (χ2n) is 1.26. The van der Waals surface area contributed by atoms with Crippen molar-refractivity contribution in [2.45, 2.75) is 5.85 Å². The minimum Gasteiger partial charge on any atom is -0.809 e. The molecule has 5 nitrogen and oxygen atoms in total. The fourth-order valence-corrected chi connectivity index (χ4v) is 0.387. The van der Waals surface area contributed by atoms with Gasteiger partial charge in [-0.25, -0.2) is 0 Å². The molecule has 0 radical (unpaired) electrons. The Kier molecular flexibility index (Phi) is 2.59. The first-order chi connectivity index (χ1) is 3.48. The standard InChI is InChI=1S/C2H8NO4P/c3-1-2(4)8(5,6)7/h2,4H,1,3H2,(H2,5,6,7)/p-2. The summed E-state index contributed by atoms with van der Waals surface area (Å²) in [7, 11) is -4.83. The number of hydrogen-bond donors (Lipinski definition) is 2. The molecule has 1 atom stereocenters. The van der Waals surface area contributed by atoms with Gasteiger partial charge in [0.1, 0.15) is 0 Å². The van der Waals surface area contributed by atoms with Crippen LogP contribution in [0.5, 0.6) is 0 Å². The van der Waals surface area contributed by atoms with Crippen molar-refractivity contribution in [3.63, 3.8) is 0 Å². The summed E-state index contributed by atoms with van der Waals surface area (Å²) in [4.78, 5) is 19.4. The fourth-order valence-electron chi connectivity index (χ4n) is 0.129. The SMILES string of the molecule is NCC(O)P(=O)([O-])[O-]. The first-order valence-electron chi connectivity index (χ1n) is 1.88.